The minimum absolute atomic E-state index is 0.0402. The number of amides is 2. The summed E-state index contributed by atoms with van der Waals surface area (Å²) in [6.45, 7) is 1.44. The van der Waals surface area contributed by atoms with Gasteiger partial charge in [0.15, 0.2) is 0 Å². The monoisotopic (exact) mass is 438 g/mol. The van der Waals surface area contributed by atoms with E-state index in [0.717, 1.165) is 44.3 Å². The van der Waals surface area contributed by atoms with Crippen molar-refractivity contribution in [2.45, 2.75) is 57.0 Å². The standard InChI is InChI=1S/C22H25F3N2O4/c1-30-20(28)19-17(14-5-8-16(9-6-14)31-22(23,24)25)13-15-7-10-18(19)27(15)21(29)26-11-3-2-4-12-26/h5-6,8-9,15,18H,2-4,7,10-13H2,1H3/t15-,18+/m0/s1. The SMILES string of the molecule is COC(=O)C1=C(c2ccc(OC(F)(F)F)cc2)C[C@@H]2CC[C@H]1N2C(=O)N1CCCCC1. The summed E-state index contributed by atoms with van der Waals surface area (Å²) in [4.78, 5) is 29.7. The topological polar surface area (TPSA) is 59.1 Å². The Bertz CT molecular complexity index is 876. The van der Waals surface area contributed by atoms with E-state index in [1.165, 1.54) is 31.4 Å². The molecular formula is C22H25F3N2O4. The van der Waals surface area contributed by atoms with Crippen molar-refractivity contribution in [2.24, 2.45) is 0 Å². The van der Waals surface area contributed by atoms with Crippen molar-refractivity contribution < 1.29 is 32.2 Å². The van der Waals surface area contributed by atoms with E-state index in [2.05, 4.69) is 4.74 Å². The lowest BCUT2D eigenvalue weighted by Gasteiger charge is -2.41. The number of rotatable bonds is 3. The third-order valence-electron chi connectivity index (χ3n) is 6.29. The molecule has 1 aromatic carbocycles. The highest BCUT2D eigenvalue weighted by Crippen LogP contribution is 2.44. The molecule has 168 valence electrons. The third-order valence-corrected chi connectivity index (χ3v) is 6.29. The summed E-state index contributed by atoms with van der Waals surface area (Å²) in [5.74, 6) is -0.829. The first-order chi connectivity index (χ1) is 14.8. The molecule has 2 atom stereocenters. The normalized spacial score (nSPS) is 23.7. The Kier molecular flexibility index (Phi) is 5.85. The van der Waals surface area contributed by atoms with Crippen molar-refractivity contribution in [3.05, 3.63) is 35.4 Å². The molecule has 9 heteroatoms. The Labute approximate surface area is 178 Å². The van der Waals surface area contributed by atoms with Crippen LogP contribution in [0, 0.1) is 0 Å². The van der Waals surface area contributed by atoms with Crippen LogP contribution in [-0.2, 0) is 9.53 Å². The summed E-state index contributed by atoms with van der Waals surface area (Å²) in [6, 6.07) is 5.02. The molecule has 0 saturated carbocycles. The average molecular weight is 438 g/mol. The lowest BCUT2D eigenvalue weighted by Crippen LogP contribution is -2.53. The van der Waals surface area contributed by atoms with E-state index in [0.29, 0.717) is 24.0 Å². The number of carbonyl (C=O) groups excluding carboxylic acids is 2. The van der Waals surface area contributed by atoms with Crippen LogP contribution in [0.25, 0.3) is 5.57 Å². The van der Waals surface area contributed by atoms with Crippen LogP contribution < -0.4 is 4.74 Å². The van der Waals surface area contributed by atoms with Crippen LogP contribution in [0.2, 0.25) is 0 Å². The predicted octanol–water partition coefficient (Wildman–Crippen LogP) is 4.35. The van der Waals surface area contributed by atoms with E-state index in [1.54, 1.807) is 0 Å². The second-order valence-corrected chi connectivity index (χ2v) is 8.14. The van der Waals surface area contributed by atoms with Crippen LogP contribution in [0.4, 0.5) is 18.0 Å². The molecule has 3 aliphatic rings. The Balaban J connectivity index is 1.65. The number of hydrogen-bond donors (Lipinski definition) is 0. The minimum Gasteiger partial charge on any atom is -0.466 e. The van der Waals surface area contributed by atoms with Gasteiger partial charge in [-0.25, -0.2) is 9.59 Å². The molecule has 31 heavy (non-hydrogen) atoms. The number of alkyl halides is 3. The molecule has 2 amide bonds. The molecule has 0 radical (unpaired) electrons. The van der Waals surface area contributed by atoms with Gasteiger partial charge in [-0.1, -0.05) is 12.1 Å². The fraction of sp³-hybridized carbons (Fsp3) is 0.545. The highest BCUT2D eigenvalue weighted by Gasteiger charge is 2.47. The summed E-state index contributed by atoms with van der Waals surface area (Å²) in [5.41, 5.74) is 1.78. The molecule has 6 nitrogen and oxygen atoms in total. The van der Waals surface area contributed by atoms with Gasteiger partial charge < -0.3 is 19.3 Å². The summed E-state index contributed by atoms with van der Waals surface area (Å²) in [5, 5.41) is 0. The fourth-order valence-corrected chi connectivity index (χ4v) is 4.95. The number of nitrogens with zero attached hydrogens (tertiary/aromatic N) is 2. The number of benzene rings is 1. The number of piperidine rings is 1. The van der Waals surface area contributed by atoms with Crippen molar-refractivity contribution in [1.29, 1.82) is 0 Å². The van der Waals surface area contributed by atoms with Crippen LogP contribution in [0.1, 0.15) is 44.1 Å². The highest BCUT2D eigenvalue weighted by molar-refractivity contribution is 6.01. The van der Waals surface area contributed by atoms with Crippen molar-refractivity contribution in [1.82, 2.24) is 9.80 Å². The molecule has 2 bridgehead atoms. The van der Waals surface area contributed by atoms with Crippen LogP contribution in [0.3, 0.4) is 0 Å². The number of fused-ring (bicyclic) bond motifs is 2. The van der Waals surface area contributed by atoms with E-state index in [-0.39, 0.29) is 23.9 Å². The first kappa shape index (κ1) is 21.5. The molecule has 3 heterocycles. The van der Waals surface area contributed by atoms with Crippen LogP contribution >= 0.6 is 0 Å². The van der Waals surface area contributed by atoms with Gasteiger partial charge in [0, 0.05) is 19.1 Å². The number of carbonyl (C=O) groups is 2. The zero-order valence-corrected chi connectivity index (χ0v) is 17.3. The van der Waals surface area contributed by atoms with Crippen LogP contribution in [-0.4, -0.2) is 60.4 Å². The maximum Gasteiger partial charge on any atom is 0.573 e. The Hall–Kier alpha value is -2.71. The lowest BCUT2D eigenvalue weighted by molar-refractivity contribution is -0.274. The Morgan fingerprint density at radius 1 is 1.03 bits per heavy atom. The zero-order chi connectivity index (χ0) is 22.2. The molecular weight excluding hydrogens is 413 g/mol. The molecule has 0 aromatic heterocycles. The third kappa shape index (κ3) is 4.36. The minimum atomic E-state index is -4.77. The molecule has 0 N–H and O–H groups in total. The molecule has 0 aliphatic carbocycles. The summed E-state index contributed by atoms with van der Waals surface area (Å²) >= 11 is 0. The maximum atomic E-state index is 13.2. The van der Waals surface area contributed by atoms with Crippen molar-refractivity contribution in [3.63, 3.8) is 0 Å². The van der Waals surface area contributed by atoms with Crippen molar-refractivity contribution in [2.75, 3.05) is 20.2 Å². The number of likely N-dealkylation sites (tertiary alicyclic amines) is 1. The van der Waals surface area contributed by atoms with Crippen LogP contribution in [0.5, 0.6) is 5.75 Å². The number of ether oxygens (including phenoxy) is 2. The van der Waals surface area contributed by atoms with Gasteiger partial charge in [-0.15, -0.1) is 13.2 Å². The van der Waals surface area contributed by atoms with E-state index < -0.39 is 12.3 Å². The van der Waals surface area contributed by atoms with E-state index in [1.807, 2.05) is 9.80 Å². The Morgan fingerprint density at radius 2 is 1.71 bits per heavy atom. The summed E-state index contributed by atoms with van der Waals surface area (Å²) < 4.78 is 46.4. The van der Waals surface area contributed by atoms with E-state index in [4.69, 9.17) is 4.74 Å². The number of esters is 1. The first-order valence-electron chi connectivity index (χ1n) is 10.5. The molecule has 3 aliphatic heterocycles. The predicted molar refractivity (Wildman–Crippen MR) is 106 cm³/mol. The van der Waals surface area contributed by atoms with Gasteiger partial charge in [-0.3, -0.25) is 0 Å². The van der Waals surface area contributed by atoms with E-state index >= 15 is 0 Å². The van der Waals surface area contributed by atoms with Crippen molar-refractivity contribution >= 4 is 17.6 Å². The largest absolute Gasteiger partial charge is 0.573 e. The van der Waals surface area contributed by atoms with Gasteiger partial charge in [-0.2, -0.15) is 0 Å². The molecule has 4 rings (SSSR count). The van der Waals surface area contributed by atoms with Gasteiger partial charge in [0.25, 0.3) is 0 Å². The summed E-state index contributed by atoms with van der Waals surface area (Å²) in [7, 11) is 1.30. The quantitative estimate of drug-likeness (QED) is 0.659. The molecule has 0 unspecified atom stereocenters. The van der Waals surface area contributed by atoms with Crippen LogP contribution in [0.15, 0.2) is 29.8 Å². The Morgan fingerprint density at radius 3 is 2.32 bits per heavy atom. The van der Waals surface area contributed by atoms with Gasteiger partial charge in [0.05, 0.1) is 18.7 Å². The lowest BCUT2D eigenvalue weighted by atomic mass is 9.88. The summed E-state index contributed by atoms with van der Waals surface area (Å²) in [6.07, 6.45) is 0.189. The number of methoxy groups -OCH3 is 1. The van der Waals surface area contributed by atoms with Gasteiger partial charge >= 0.3 is 18.4 Å². The van der Waals surface area contributed by atoms with Crippen molar-refractivity contribution in [3.8, 4) is 5.75 Å². The zero-order valence-electron chi connectivity index (χ0n) is 17.3. The molecule has 2 saturated heterocycles. The first-order valence-corrected chi connectivity index (χ1v) is 10.5. The molecule has 1 aromatic rings. The van der Waals surface area contributed by atoms with Gasteiger partial charge in [-0.05, 0) is 61.8 Å². The van der Waals surface area contributed by atoms with Gasteiger partial charge in [0.2, 0.25) is 0 Å². The number of halogens is 3. The molecule has 0 spiro atoms. The average Bonchev–Trinajstić information content (AvgIpc) is 3.06. The van der Waals surface area contributed by atoms with E-state index in [9.17, 15) is 22.8 Å². The number of urea groups is 1. The second-order valence-electron chi connectivity index (χ2n) is 8.14. The smallest absolute Gasteiger partial charge is 0.466 e. The fourth-order valence-electron chi connectivity index (χ4n) is 4.95. The maximum absolute atomic E-state index is 13.2. The highest BCUT2D eigenvalue weighted by atomic mass is 19.4. The number of hydrogen-bond acceptors (Lipinski definition) is 4. The second kappa shape index (κ2) is 8.43. The van der Waals surface area contributed by atoms with Gasteiger partial charge in [0.1, 0.15) is 5.75 Å². The molecule has 2 fully saturated rings.